The van der Waals surface area contributed by atoms with E-state index in [-0.39, 0.29) is 12.7 Å². The lowest BCUT2D eigenvalue weighted by Crippen LogP contribution is -2.48. The van der Waals surface area contributed by atoms with Gasteiger partial charge in [-0.15, -0.1) is 0 Å². The van der Waals surface area contributed by atoms with Gasteiger partial charge in [0.1, 0.15) is 0 Å². The number of ether oxygens (including phenoxy) is 1. The summed E-state index contributed by atoms with van der Waals surface area (Å²) in [6.45, 7) is 11.2. The van der Waals surface area contributed by atoms with Crippen molar-refractivity contribution in [2.45, 2.75) is 46.4 Å². The number of rotatable bonds is 3. The minimum absolute atomic E-state index is 0.0388. The molecule has 3 heteroatoms. The molecule has 106 valence electrons. The molecule has 0 amide bonds. The summed E-state index contributed by atoms with van der Waals surface area (Å²) in [5, 5.41) is 9.24. The van der Waals surface area contributed by atoms with Crippen LogP contribution in [0.5, 0.6) is 0 Å². The number of hydrogen-bond donors (Lipinski definition) is 1. The fourth-order valence-electron chi connectivity index (χ4n) is 2.62. The van der Waals surface area contributed by atoms with Crippen LogP contribution in [0.25, 0.3) is 0 Å². The van der Waals surface area contributed by atoms with E-state index in [9.17, 15) is 5.11 Å². The monoisotopic (exact) mass is 263 g/mol. The van der Waals surface area contributed by atoms with Gasteiger partial charge in [-0.3, -0.25) is 4.90 Å². The lowest BCUT2D eigenvalue weighted by Gasteiger charge is -2.37. The normalized spacial score (nSPS) is 24.7. The van der Waals surface area contributed by atoms with Gasteiger partial charge in [0.05, 0.1) is 19.3 Å². The number of hydrogen-bond acceptors (Lipinski definition) is 3. The first-order valence-corrected chi connectivity index (χ1v) is 7.04. The second-order valence-corrected chi connectivity index (χ2v) is 5.78. The molecule has 0 radical (unpaired) electrons. The fraction of sp³-hybridized carbons (Fsp3) is 0.625. The molecular weight excluding hydrogens is 238 g/mol. The molecule has 2 unspecified atom stereocenters. The standard InChI is InChI=1S/C16H25NO2/c1-11-5-13(3)15(6-12(11)2)7-17-8-16(9-18)19-10-14(17)4/h5-6,14,16,18H,7-10H2,1-4H3. The van der Waals surface area contributed by atoms with Crippen LogP contribution in [-0.4, -0.2) is 41.9 Å². The van der Waals surface area contributed by atoms with E-state index < -0.39 is 0 Å². The predicted molar refractivity (Wildman–Crippen MR) is 77.4 cm³/mol. The first-order valence-electron chi connectivity index (χ1n) is 7.04. The summed E-state index contributed by atoms with van der Waals surface area (Å²) in [5.41, 5.74) is 5.43. The van der Waals surface area contributed by atoms with Gasteiger partial charge in [0, 0.05) is 19.1 Å². The summed E-state index contributed by atoms with van der Waals surface area (Å²) in [7, 11) is 0. The van der Waals surface area contributed by atoms with Crippen molar-refractivity contribution in [2.24, 2.45) is 0 Å². The van der Waals surface area contributed by atoms with E-state index >= 15 is 0 Å². The highest BCUT2D eigenvalue weighted by molar-refractivity contribution is 5.36. The van der Waals surface area contributed by atoms with Crippen LogP contribution in [0.3, 0.4) is 0 Å². The van der Waals surface area contributed by atoms with Crippen molar-refractivity contribution in [1.29, 1.82) is 0 Å². The molecule has 1 aliphatic heterocycles. The van der Waals surface area contributed by atoms with Crippen LogP contribution >= 0.6 is 0 Å². The molecule has 0 spiro atoms. The number of aryl methyl sites for hydroxylation is 3. The third kappa shape index (κ3) is 3.35. The molecule has 0 aromatic heterocycles. The Morgan fingerprint density at radius 2 is 1.89 bits per heavy atom. The maximum Gasteiger partial charge on any atom is 0.0933 e. The van der Waals surface area contributed by atoms with Gasteiger partial charge < -0.3 is 9.84 Å². The summed E-state index contributed by atoms with van der Waals surface area (Å²) in [4.78, 5) is 2.40. The molecule has 1 aliphatic rings. The van der Waals surface area contributed by atoms with Crippen molar-refractivity contribution < 1.29 is 9.84 Å². The zero-order valence-corrected chi connectivity index (χ0v) is 12.4. The van der Waals surface area contributed by atoms with E-state index in [4.69, 9.17) is 4.74 Å². The number of nitrogens with zero attached hydrogens (tertiary/aromatic N) is 1. The Kier molecular flexibility index (Phi) is 4.61. The molecule has 1 N–H and O–H groups in total. The van der Waals surface area contributed by atoms with Crippen LogP contribution in [0, 0.1) is 20.8 Å². The highest BCUT2D eigenvalue weighted by Crippen LogP contribution is 2.20. The molecular formula is C16H25NO2. The predicted octanol–water partition coefficient (Wildman–Crippen LogP) is 2.19. The minimum atomic E-state index is -0.0388. The molecule has 1 saturated heterocycles. The summed E-state index contributed by atoms with van der Waals surface area (Å²) in [5.74, 6) is 0. The van der Waals surface area contributed by atoms with Crippen LogP contribution in [0.1, 0.15) is 29.2 Å². The lowest BCUT2D eigenvalue weighted by atomic mass is 10.00. The molecule has 19 heavy (non-hydrogen) atoms. The summed E-state index contributed by atoms with van der Waals surface area (Å²) in [6.07, 6.45) is -0.0388. The molecule has 3 nitrogen and oxygen atoms in total. The Bertz CT molecular complexity index is 445. The quantitative estimate of drug-likeness (QED) is 0.907. The van der Waals surface area contributed by atoms with Crippen molar-refractivity contribution in [3.8, 4) is 0 Å². The van der Waals surface area contributed by atoms with Crippen LogP contribution in [0.15, 0.2) is 12.1 Å². The van der Waals surface area contributed by atoms with Crippen molar-refractivity contribution in [3.63, 3.8) is 0 Å². The smallest absolute Gasteiger partial charge is 0.0933 e. The van der Waals surface area contributed by atoms with E-state index in [2.05, 4.69) is 44.7 Å². The first-order chi connectivity index (χ1) is 9.01. The summed E-state index contributed by atoms with van der Waals surface area (Å²) >= 11 is 0. The third-order valence-corrected chi connectivity index (χ3v) is 4.16. The van der Waals surface area contributed by atoms with Crippen molar-refractivity contribution >= 4 is 0 Å². The Morgan fingerprint density at radius 3 is 2.58 bits per heavy atom. The second kappa shape index (κ2) is 6.04. The van der Waals surface area contributed by atoms with Gasteiger partial charge in [-0.1, -0.05) is 12.1 Å². The maximum absolute atomic E-state index is 9.24. The van der Waals surface area contributed by atoms with E-state index in [1.807, 2.05) is 0 Å². The van der Waals surface area contributed by atoms with Gasteiger partial charge in [0.2, 0.25) is 0 Å². The van der Waals surface area contributed by atoms with Gasteiger partial charge in [-0.25, -0.2) is 0 Å². The molecule has 1 heterocycles. The molecule has 0 bridgehead atoms. The average Bonchev–Trinajstić information content (AvgIpc) is 2.38. The molecule has 2 rings (SSSR count). The van der Waals surface area contributed by atoms with Crippen molar-refractivity contribution in [3.05, 3.63) is 34.4 Å². The van der Waals surface area contributed by atoms with Crippen LogP contribution < -0.4 is 0 Å². The third-order valence-electron chi connectivity index (χ3n) is 4.16. The molecule has 2 atom stereocenters. The Labute approximate surface area is 116 Å². The molecule has 0 saturated carbocycles. The van der Waals surface area contributed by atoms with E-state index in [0.717, 1.165) is 13.1 Å². The fourth-order valence-corrected chi connectivity index (χ4v) is 2.62. The molecule has 1 fully saturated rings. The Hall–Kier alpha value is -0.900. The maximum atomic E-state index is 9.24. The van der Waals surface area contributed by atoms with Crippen LogP contribution in [-0.2, 0) is 11.3 Å². The van der Waals surface area contributed by atoms with Gasteiger partial charge in [-0.2, -0.15) is 0 Å². The lowest BCUT2D eigenvalue weighted by molar-refractivity contribution is -0.0806. The molecule has 0 aliphatic carbocycles. The van der Waals surface area contributed by atoms with Crippen molar-refractivity contribution in [2.75, 3.05) is 19.8 Å². The van der Waals surface area contributed by atoms with Gasteiger partial charge in [-0.05, 0) is 49.9 Å². The second-order valence-electron chi connectivity index (χ2n) is 5.78. The van der Waals surface area contributed by atoms with Crippen molar-refractivity contribution in [1.82, 2.24) is 4.90 Å². The highest BCUT2D eigenvalue weighted by atomic mass is 16.5. The largest absolute Gasteiger partial charge is 0.394 e. The highest BCUT2D eigenvalue weighted by Gasteiger charge is 2.25. The van der Waals surface area contributed by atoms with Crippen LogP contribution in [0.2, 0.25) is 0 Å². The number of morpholine rings is 1. The topological polar surface area (TPSA) is 32.7 Å². The number of benzene rings is 1. The van der Waals surface area contributed by atoms with E-state index in [0.29, 0.717) is 12.6 Å². The first kappa shape index (κ1) is 14.5. The zero-order chi connectivity index (χ0) is 14.0. The number of aliphatic hydroxyl groups is 1. The SMILES string of the molecule is Cc1cc(C)c(CN2CC(CO)OCC2C)cc1C. The Morgan fingerprint density at radius 1 is 1.21 bits per heavy atom. The van der Waals surface area contributed by atoms with Gasteiger partial charge in [0.25, 0.3) is 0 Å². The zero-order valence-electron chi connectivity index (χ0n) is 12.4. The van der Waals surface area contributed by atoms with E-state index in [1.54, 1.807) is 0 Å². The van der Waals surface area contributed by atoms with Gasteiger partial charge >= 0.3 is 0 Å². The Balaban J connectivity index is 2.13. The van der Waals surface area contributed by atoms with Crippen LogP contribution in [0.4, 0.5) is 0 Å². The molecule has 1 aromatic carbocycles. The van der Waals surface area contributed by atoms with Gasteiger partial charge in [0.15, 0.2) is 0 Å². The summed E-state index contributed by atoms with van der Waals surface area (Å²) in [6, 6.07) is 4.96. The minimum Gasteiger partial charge on any atom is -0.394 e. The van der Waals surface area contributed by atoms with E-state index in [1.165, 1.54) is 22.3 Å². The molecule has 1 aromatic rings. The number of aliphatic hydroxyl groups excluding tert-OH is 1. The average molecular weight is 263 g/mol. The summed E-state index contributed by atoms with van der Waals surface area (Å²) < 4.78 is 5.59.